The summed E-state index contributed by atoms with van der Waals surface area (Å²) in [7, 11) is 0. The number of aromatic nitrogens is 4. The van der Waals surface area contributed by atoms with E-state index in [2.05, 4.69) is 57.4 Å². The van der Waals surface area contributed by atoms with Gasteiger partial charge in [0.1, 0.15) is 12.3 Å². The highest BCUT2D eigenvalue weighted by Crippen LogP contribution is 2.24. The zero-order chi connectivity index (χ0) is 17.9. The van der Waals surface area contributed by atoms with E-state index in [9.17, 15) is 0 Å². The summed E-state index contributed by atoms with van der Waals surface area (Å²) in [5.41, 5.74) is 4.08. The molecule has 3 aromatic rings. The van der Waals surface area contributed by atoms with Crippen LogP contribution in [0.2, 0.25) is 0 Å². The van der Waals surface area contributed by atoms with Crippen LogP contribution in [0.4, 0.5) is 5.69 Å². The number of benzene rings is 1. The molecule has 136 valence electrons. The summed E-state index contributed by atoms with van der Waals surface area (Å²) in [5.74, 6) is 1.74. The van der Waals surface area contributed by atoms with E-state index in [1.807, 2.05) is 16.8 Å². The van der Waals surface area contributed by atoms with Gasteiger partial charge >= 0.3 is 0 Å². The molecule has 0 saturated carbocycles. The number of furan rings is 1. The van der Waals surface area contributed by atoms with Gasteiger partial charge in [-0.1, -0.05) is 12.1 Å². The first-order chi connectivity index (χ1) is 12.7. The van der Waals surface area contributed by atoms with Crippen molar-refractivity contribution in [3.05, 3.63) is 59.3 Å². The van der Waals surface area contributed by atoms with Crippen LogP contribution in [0.1, 0.15) is 22.7 Å². The van der Waals surface area contributed by atoms with Crippen molar-refractivity contribution in [3.8, 4) is 0 Å². The van der Waals surface area contributed by atoms with Crippen LogP contribution in [0.15, 0.2) is 41.0 Å². The molecular weight excluding hydrogens is 328 g/mol. The molecule has 4 rings (SSSR count). The number of hydrogen-bond donors (Lipinski definition) is 0. The van der Waals surface area contributed by atoms with Crippen molar-refractivity contribution in [1.29, 1.82) is 0 Å². The van der Waals surface area contributed by atoms with E-state index >= 15 is 0 Å². The van der Waals surface area contributed by atoms with Crippen LogP contribution in [0.3, 0.4) is 0 Å². The van der Waals surface area contributed by atoms with Gasteiger partial charge in [-0.05, 0) is 53.6 Å². The van der Waals surface area contributed by atoms with Crippen LogP contribution < -0.4 is 4.90 Å². The topological polar surface area (TPSA) is 63.2 Å². The monoisotopic (exact) mass is 352 g/mol. The number of nitrogens with zero attached hydrogens (tertiary/aromatic N) is 6. The van der Waals surface area contributed by atoms with Crippen LogP contribution in [0, 0.1) is 13.8 Å². The SMILES string of the molecule is Cc1cccc(N2CCN(Cc3nnnn3Cc3ccco3)CC2)c1C. The standard InChI is InChI=1S/C19H24N6O/c1-15-5-3-7-18(16(15)2)24-10-8-23(9-11-24)14-19-20-21-22-25(19)13-17-6-4-12-26-17/h3-7,12H,8-11,13-14H2,1-2H3. The molecule has 26 heavy (non-hydrogen) atoms. The molecular formula is C19H24N6O. The molecule has 3 heterocycles. The lowest BCUT2D eigenvalue weighted by Gasteiger charge is -2.36. The second-order valence-electron chi connectivity index (χ2n) is 6.81. The highest BCUT2D eigenvalue weighted by molar-refractivity contribution is 5.56. The maximum absolute atomic E-state index is 5.40. The van der Waals surface area contributed by atoms with E-state index in [0.717, 1.165) is 44.3 Å². The van der Waals surface area contributed by atoms with E-state index < -0.39 is 0 Å². The fraction of sp³-hybridized carbons (Fsp3) is 0.421. The zero-order valence-electron chi connectivity index (χ0n) is 15.3. The summed E-state index contributed by atoms with van der Waals surface area (Å²) < 4.78 is 7.21. The van der Waals surface area contributed by atoms with E-state index in [1.165, 1.54) is 16.8 Å². The van der Waals surface area contributed by atoms with Crippen LogP contribution in [-0.2, 0) is 13.1 Å². The minimum Gasteiger partial charge on any atom is -0.467 e. The first-order valence-electron chi connectivity index (χ1n) is 9.01. The normalized spacial score (nSPS) is 15.5. The maximum atomic E-state index is 5.40. The molecule has 1 aromatic carbocycles. The molecule has 0 bridgehead atoms. The van der Waals surface area contributed by atoms with Crippen molar-refractivity contribution in [1.82, 2.24) is 25.1 Å². The second kappa shape index (κ2) is 7.29. The fourth-order valence-electron chi connectivity index (χ4n) is 3.43. The van der Waals surface area contributed by atoms with Crippen LogP contribution in [-0.4, -0.2) is 51.3 Å². The van der Waals surface area contributed by atoms with E-state index in [4.69, 9.17) is 4.42 Å². The highest BCUT2D eigenvalue weighted by atomic mass is 16.3. The van der Waals surface area contributed by atoms with Gasteiger partial charge in [0, 0.05) is 31.9 Å². The van der Waals surface area contributed by atoms with Gasteiger partial charge in [-0.2, -0.15) is 0 Å². The van der Waals surface area contributed by atoms with Gasteiger partial charge in [0.2, 0.25) is 0 Å². The molecule has 2 aromatic heterocycles. The summed E-state index contributed by atoms with van der Waals surface area (Å²) >= 11 is 0. The first-order valence-corrected chi connectivity index (χ1v) is 9.01. The number of anilines is 1. The Labute approximate surface area is 153 Å². The predicted octanol–water partition coefficient (Wildman–Crippen LogP) is 2.25. The van der Waals surface area contributed by atoms with Crippen LogP contribution >= 0.6 is 0 Å². The summed E-state index contributed by atoms with van der Waals surface area (Å²) in [6, 6.07) is 10.4. The molecule has 1 aliphatic heterocycles. The van der Waals surface area contributed by atoms with Crippen molar-refractivity contribution >= 4 is 5.69 Å². The molecule has 1 fully saturated rings. The van der Waals surface area contributed by atoms with Crippen LogP contribution in [0.5, 0.6) is 0 Å². The van der Waals surface area contributed by atoms with Crippen molar-refractivity contribution in [2.24, 2.45) is 0 Å². The Hall–Kier alpha value is -2.67. The second-order valence-corrected chi connectivity index (χ2v) is 6.81. The third-order valence-corrected chi connectivity index (χ3v) is 5.15. The van der Waals surface area contributed by atoms with Gasteiger partial charge in [-0.25, -0.2) is 4.68 Å². The van der Waals surface area contributed by atoms with Gasteiger partial charge in [0.05, 0.1) is 12.8 Å². The number of hydrogen-bond acceptors (Lipinski definition) is 6. The Morgan fingerprint density at radius 2 is 1.85 bits per heavy atom. The quantitative estimate of drug-likeness (QED) is 0.702. The first kappa shape index (κ1) is 16.8. The van der Waals surface area contributed by atoms with E-state index in [0.29, 0.717) is 6.54 Å². The Morgan fingerprint density at radius 3 is 2.62 bits per heavy atom. The molecule has 0 spiro atoms. The van der Waals surface area contributed by atoms with E-state index in [-0.39, 0.29) is 0 Å². The minimum absolute atomic E-state index is 0.567. The lowest BCUT2D eigenvalue weighted by molar-refractivity contribution is 0.239. The fourth-order valence-corrected chi connectivity index (χ4v) is 3.43. The Bertz CT molecular complexity index is 849. The zero-order valence-corrected chi connectivity index (χ0v) is 15.3. The number of rotatable bonds is 5. The average molecular weight is 352 g/mol. The van der Waals surface area contributed by atoms with Gasteiger partial charge in [0.15, 0.2) is 5.82 Å². The van der Waals surface area contributed by atoms with Crippen molar-refractivity contribution in [2.75, 3.05) is 31.1 Å². The Balaban J connectivity index is 1.37. The molecule has 1 aliphatic rings. The smallest absolute Gasteiger partial charge is 0.165 e. The van der Waals surface area contributed by atoms with Gasteiger partial charge in [-0.15, -0.1) is 5.10 Å². The molecule has 1 saturated heterocycles. The number of piperazine rings is 1. The molecule has 0 unspecified atom stereocenters. The molecule has 7 nitrogen and oxygen atoms in total. The van der Waals surface area contributed by atoms with Gasteiger partial charge < -0.3 is 9.32 Å². The molecule has 7 heteroatoms. The largest absolute Gasteiger partial charge is 0.467 e. The average Bonchev–Trinajstić information content (AvgIpc) is 3.31. The van der Waals surface area contributed by atoms with Gasteiger partial charge in [0.25, 0.3) is 0 Å². The summed E-state index contributed by atoms with van der Waals surface area (Å²) in [6.07, 6.45) is 1.67. The maximum Gasteiger partial charge on any atom is 0.165 e. The van der Waals surface area contributed by atoms with Crippen LogP contribution in [0.25, 0.3) is 0 Å². The lowest BCUT2D eigenvalue weighted by atomic mass is 10.1. The number of tetrazole rings is 1. The lowest BCUT2D eigenvalue weighted by Crippen LogP contribution is -2.46. The summed E-state index contributed by atoms with van der Waals surface area (Å²) in [4.78, 5) is 4.89. The highest BCUT2D eigenvalue weighted by Gasteiger charge is 2.21. The van der Waals surface area contributed by atoms with Crippen molar-refractivity contribution < 1.29 is 4.42 Å². The Morgan fingerprint density at radius 1 is 1.00 bits per heavy atom. The molecule has 0 amide bonds. The number of aryl methyl sites for hydroxylation is 1. The molecule has 0 atom stereocenters. The van der Waals surface area contributed by atoms with Crippen molar-refractivity contribution in [3.63, 3.8) is 0 Å². The molecule has 0 N–H and O–H groups in total. The molecule has 0 aliphatic carbocycles. The van der Waals surface area contributed by atoms with Crippen molar-refractivity contribution in [2.45, 2.75) is 26.9 Å². The summed E-state index contributed by atoms with van der Waals surface area (Å²) in [5, 5.41) is 12.1. The third kappa shape index (κ3) is 3.48. The Kier molecular flexibility index (Phi) is 4.71. The minimum atomic E-state index is 0.567. The molecule has 0 radical (unpaired) electrons. The third-order valence-electron chi connectivity index (χ3n) is 5.15. The summed E-state index contributed by atoms with van der Waals surface area (Å²) in [6.45, 7) is 9.75. The van der Waals surface area contributed by atoms with E-state index in [1.54, 1.807) is 6.26 Å². The predicted molar refractivity (Wildman–Crippen MR) is 99.0 cm³/mol. The van der Waals surface area contributed by atoms with Gasteiger partial charge in [-0.3, -0.25) is 4.90 Å².